The number of fused-ring (bicyclic) bond motifs is 1. The number of aliphatic hydroxyl groups is 1. The van der Waals surface area contributed by atoms with Crippen LogP contribution in [-0.4, -0.2) is 58.1 Å². The van der Waals surface area contributed by atoms with Crippen molar-refractivity contribution >= 4 is 40.7 Å². The van der Waals surface area contributed by atoms with Gasteiger partial charge in [0, 0.05) is 29.5 Å². The number of likely N-dealkylation sites (tertiary alicyclic amines) is 1. The third kappa shape index (κ3) is 4.21. The van der Waals surface area contributed by atoms with Crippen LogP contribution < -0.4 is 10.6 Å². The summed E-state index contributed by atoms with van der Waals surface area (Å²) in [6.07, 6.45) is 1.52. The highest BCUT2D eigenvalue weighted by Gasteiger charge is 2.79. The Hall–Kier alpha value is -2.94. The molecule has 8 nitrogen and oxygen atoms in total. The van der Waals surface area contributed by atoms with Crippen LogP contribution in [0.3, 0.4) is 0 Å². The molecular formula is C28H32ClN3O5. The van der Waals surface area contributed by atoms with Gasteiger partial charge in [-0.05, 0) is 68.5 Å². The molecule has 196 valence electrons. The predicted octanol–water partition coefficient (Wildman–Crippen LogP) is 3.70. The van der Waals surface area contributed by atoms with Crippen LogP contribution in [0.4, 0.5) is 11.4 Å². The summed E-state index contributed by atoms with van der Waals surface area (Å²) in [5, 5.41) is 15.8. The van der Waals surface area contributed by atoms with Crippen molar-refractivity contribution in [2.24, 2.45) is 17.8 Å². The number of rotatable bonds is 8. The summed E-state index contributed by atoms with van der Waals surface area (Å²) >= 11 is 6.00. The first-order valence-corrected chi connectivity index (χ1v) is 13.1. The number of ether oxygens (including phenoxy) is 1. The largest absolute Gasteiger partial charge is 0.396 e. The molecule has 37 heavy (non-hydrogen) atoms. The number of halogens is 1. The normalized spacial score (nSPS) is 31.9. The average molecular weight is 526 g/mol. The van der Waals surface area contributed by atoms with E-state index in [0.717, 1.165) is 0 Å². The minimum absolute atomic E-state index is 0.00798. The van der Waals surface area contributed by atoms with Crippen molar-refractivity contribution in [1.82, 2.24) is 4.90 Å². The standard InChI is InChI=1S/C28H32ClN3O5/c1-17-16-28-22(21(27(17,2)37-28)24(34)30-19-8-4-3-5-9-19)26(36)32(14-6-7-15-33)23(28)25(35)31-20-12-10-18(29)11-13-20/h3-5,8-13,17,21-23,33H,6-7,14-16H2,1-2H3,(H,30,34)(H,31,35)/t17?,21-,22+,23?,27+,28?/m1/s1. The maximum Gasteiger partial charge on any atom is 0.250 e. The van der Waals surface area contributed by atoms with E-state index in [1.165, 1.54) is 0 Å². The third-order valence-corrected chi connectivity index (χ3v) is 8.56. The van der Waals surface area contributed by atoms with Crippen molar-refractivity contribution < 1.29 is 24.2 Å². The number of nitrogens with zero attached hydrogens (tertiary/aromatic N) is 1. The van der Waals surface area contributed by atoms with Gasteiger partial charge in [-0.2, -0.15) is 0 Å². The van der Waals surface area contributed by atoms with E-state index in [0.29, 0.717) is 35.7 Å². The van der Waals surface area contributed by atoms with Crippen LogP contribution in [0.15, 0.2) is 54.6 Å². The van der Waals surface area contributed by atoms with E-state index in [9.17, 15) is 19.5 Å². The Morgan fingerprint density at radius 2 is 1.70 bits per heavy atom. The average Bonchev–Trinajstić information content (AvgIpc) is 3.38. The summed E-state index contributed by atoms with van der Waals surface area (Å²) in [6, 6.07) is 15.0. The number of amides is 3. The molecule has 3 unspecified atom stereocenters. The van der Waals surface area contributed by atoms with Crippen LogP contribution in [0, 0.1) is 17.8 Å². The summed E-state index contributed by atoms with van der Waals surface area (Å²) < 4.78 is 6.70. The van der Waals surface area contributed by atoms with Crippen molar-refractivity contribution in [2.45, 2.75) is 50.4 Å². The molecule has 3 N–H and O–H groups in total. The van der Waals surface area contributed by atoms with Gasteiger partial charge in [-0.25, -0.2) is 0 Å². The van der Waals surface area contributed by atoms with Crippen molar-refractivity contribution in [3.05, 3.63) is 59.6 Å². The fourth-order valence-electron chi connectivity index (χ4n) is 6.56. The van der Waals surface area contributed by atoms with Crippen LogP contribution >= 0.6 is 11.6 Å². The van der Waals surface area contributed by atoms with Crippen LogP contribution in [-0.2, 0) is 19.1 Å². The monoisotopic (exact) mass is 525 g/mol. The van der Waals surface area contributed by atoms with E-state index in [2.05, 4.69) is 10.6 Å². The first kappa shape index (κ1) is 25.7. The zero-order valence-corrected chi connectivity index (χ0v) is 21.7. The van der Waals surface area contributed by atoms with Gasteiger partial charge in [0.25, 0.3) is 0 Å². The second kappa shape index (κ2) is 9.74. The summed E-state index contributed by atoms with van der Waals surface area (Å²) in [4.78, 5) is 43.1. The van der Waals surface area contributed by atoms with Crippen molar-refractivity contribution in [3.8, 4) is 0 Å². The second-order valence-electron chi connectivity index (χ2n) is 10.5. The molecule has 3 aliphatic rings. The number of aliphatic hydroxyl groups excluding tert-OH is 1. The molecule has 2 bridgehead atoms. The van der Waals surface area contributed by atoms with E-state index in [1.807, 2.05) is 32.0 Å². The maximum absolute atomic E-state index is 14.0. The summed E-state index contributed by atoms with van der Waals surface area (Å²) in [5.41, 5.74) is -0.820. The molecule has 0 aromatic heterocycles. The minimum Gasteiger partial charge on any atom is -0.396 e. The number of para-hydroxylation sites is 1. The molecule has 9 heteroatoms. The number of benzene rings is 2. The Kier molecular flexibility index (Phi) is 6.77. The van der Waals surface area contributed by atoms with E-state index in [4.69, 9.17) is 16.3 Å². The van der Waals surface area contributed by atoms with Gasteiger partial charge in [-0.3, -0.25) is 14.4 Å². The quantitative estimate of drug-likeness (QED) is 0.455. The zero-order valence-electron chi connectivity index (χ0n) is 20.9. The first-order chi connectivity index (χ1) is 17.7. The fraction of sp³-hybridized carbons (Fsp3) is 0.464. The van der Waals surface area contributed by atoms with Gasteiger partial charge < -0.3 is 25.4 Å². The van der Waals surface area contributed by atoms with Crippen LogP contribution in [0.2, 0.25) is 5.02 Å². The first-order valence-electron chi connectivity index (χ1n) is 12.7. The molecule has 3 fully saturated rings. The molecule has 3 amide bonds. The van der Waals surface area contributed by atoms with Gasteiger partial charge >= 0.3 is 0 Å². The lowest BCUT2D eigenvalue weighted by molar-refractivity contribution is -0.144. The molecular weight excluding hydrogens is 494 g/mol. The Balaban J connectivity index is 1.51. The number of hydrogen-bond acceptors (Lipinski definition) is 5. The number of anilines is 2. The predicted molar refractivity (Wildman–Crippen MR) is 140 cm³/mol. The van der Waals surface area contributed by atoms with Gasteiger partial charge in [0.05, 0.1) is 17.4 Å². The van der Waals surface area contributed by atoms with Crippen LogP contribution in [0.5, 0.6) is 0 Å². The van der Waals surface area contributed by atoms with Gasteiger partial charge in [-0.1, -0.05) is 36.7 Å². The number of unbranched alkanes of at least 4 members (excludes halogenated alkanes) is 1. The SMILES string of the molecule is CC1CC23O[C@]1(C)[C@@H](C(=O)Nc1ccccc1)[C@H]2C(=O)N(CCCCO)C3C(=O)Nc1ccc(Cl)cc1. The Labute approximate surface area is 221 Å². The Morgan fingerprint density at radius 1 is 1.05 bits per heavy atom. The third-order valence-electron chi connectivity index (χ3n) is 8.31. The highest BCUT2D eigenvalue weighted by atomic mass is 35.5. The lowest BCUT2D eigenvalue weighted by Gasteiger charge is -2.36. The number of hydrogen-bond donors (Lipinski definition) is 3. The highest BCUT2D eigenvalue weighted by molar-refractivity contribution is 6.30. The van der Waals surface area contributed by atoms with Crippen LogP contribution in [0.25, 0.3) is 0 Å². The molecule has 5 rings (SSSR count). The maximum atomic E-state index is 14.0. The molecule has 1 spiro atoms. The molecule has 0 radical (unpaired) electrons. The molecule has 6 atom stereocenters. The highest BCUT2D eigenvalue weighted by Crippen LogP contribution is 2.65. The molecule has 3 saturated heterocycles. The fourth-order valence-corrected chi connectivity index (χ4v) is 6.68. The van der Waals surface area contributed by atoms with Gasteiger partial charge in [0.15, 0.2) is 0 Å². The zero-order chi connectivity index (χ0) is 26.4. The molecule has 0 saturated carbocycles. The van der Waals surface area contributed by atoms with Crippen molar-refractivity contribution in [3.63, 3.8) is 0 Å². The molecule has 2 aromatic rings. The molecule has 3 aliphatic heterocycles. The molecule has 0 aliphatic carbocycles. The van der Waals surface area contributed by atoms with E-state index < -0.39 is 29.1 Å². The number of carbonyl (C=O) groups is 3. The minimum atomic E-state index is -1.13. The van der Waals surface area contributed by atoms with Gasteiger partial charge in [0.1, 0.15) is 11.6 Å². The lowest BCUT2D eigenvalue weighted by atomic mass is 9.62. The summed E-state index contributed by atoms with van der Waals surface area (Å²) in [7, 11) is 0. The van der Waals surface area contributed by atoms with Gasteiger partial charge in [-0.15, -0.1) is 0 Å². The second-order valence-corrected chi connectivity index (χ2v) is 11.0. The summed E-state index contributed by atoms with van der Waals surface area (Å²) in [5.74, 6) is -2.48. The number of carbonyl (C=O) groups excluding carboxylic acids is 3. The van der Waals surface area contributed by atoms with E-state index >= 15 is 0 Å². The lowest BCUT2D eigenvalue weighted by Crippen LogP contribution is -2.54. The van der Waals surface area contributed by atoms with Crippen molar-refractivity contribution in [1.29, 1.82) is 0 Å². The van der Waals surface area contributed by atoms with Gasteiger partial charge in [0.2, 0.25) is 17.7 Å². The van der Waals surface area contributed by atoms with Crippen molar-refractivity contribution in [2.75, 3.05) is 23.8 Å². The Bertz CT molecular complexity index is 1190. The van der Waals surface area contributed by atoms with E-state index in [-0.39, 0.29) is 36.8 Å². The van der Waals surface area contributed by atoms with Crippen LogP contribution in [0.1, 0.15) is 33.1 Å². The smallest absolute Gasteiger partial charge is 0.250 e. The molecule has 2 aromatic carbocycles. The molecule has 3 heterocycles. The van der Waals surface area contributed by atoms with E-state index in [1.54, 1.807) is 41.3 Å². The summed E-state index contributed by atoms with van der Waals surface area (Å²) in [6.45, 7) is 4.18. The Morgan fingerprint density at radius 3 is 2.38 bits per heavy atom. The number of nitrogens with one attached hydrogen (secondary N) is 2. The topological polar surface area (TPSA) is 108 Å².